The lowest BCUT2D eigenvalue weighted by atomic mass is 9.92. The molecule has 0 radical (unpaired) electrons. The zero-order valence-electron chi connectivity index (χ0n) is 10.1. The maximum atomic E-state index is 12.2. The lowest BCUT2D eigenvalue weighted by Crippen LogP contribution is -2.36. The number of rotatable bonds is 4. The van der Waals surface area contributed by atoms with Gasteiger partial charge in [0.1, 0.15) is 5.60 Å². The third kappa shape index (κ3) is 2.45. The molecule has 0 aliphatic rings. The Kier molecular flexibility index (Phi) is 4.11. The standard InChI is InChI=1S/C13H17ClO2/c1-5-13(3,16-4)12(15)10-7-6-9(2)11(14)8-10/h6-8H,5H2,1-4H3. The van der Waals surface area contributed by atoms with Gasteiger partial charge in [0.05, 0.1) is 0 Å². The largest absolute Gasteiger partial charge is 0.370 e. The highest BCUT2D eigenvalue weighted by Gasteiger charge is 2.31. The zero-order valence-corrected chi connectivity index (χ0v) is 10.9. The molecule has 0 amide bonds. The van der Waals surface area contributed by atoms with Crippen LogP contribution in [0.5, 0.6) is 0 Å². The van der Waals surface area contributed by atoms with E-state index in [-0.39, 0.29) is 5.78 Å². The quantitative estimate of drug-likeness (QED) is 0.751. The Morgan fingerprint density at radius 1 is 1.50 bits per heavy atom. The molecule has 0 heterocycles. The molecule has 0 aliphatic carbocycles. The van der Waals surface area contributed by atoms with Gasteiger partial charge in [0, 0.05) is 17.7 Å². The Labute approximate surface area is 102 Å². The van der Waals surface area contributed by atoms with Crippen LogP contribution in [0.4, 0.5) is 0 Å². The maximum absolute atomic E-state index is 12.2. The highest BCUT2D eigenvalue weighted by Crippen LogP contribution is 2.24. The molecular weight excluding hydrogens is 224 g/mol. The van der Waals surface area contributed by atoms with Crippen molar-refractivity contribution in [1.82, 2.24) is 0 Å². The minimum absolute atomic E-state index is 0.0283. The molecule has 0 aliphatic heterocycles. The summed E-state index contributed by atoms with van der Waals surface area (Å²) in [6.45, 7) is 5.63. The number of carbonyl (C=O) groups is 1. The summed E-state index contributed by atoms with van der Waals surface area (Å²) in [6.07, 6.45) is 0.633. The fourth-order valence-electron chi connectivity index (χ4n) is 1.44. The number of hydrogen-bond acceptors (Lipinski definition) is 2. The van der Waals surface area contributed by atoms with Gasteiger partial charge in [0.25, 0.3) is 0 Å². The molecule has 2 nitrogen and oxygen atoms in total. The second kappa shape index (κ2) is 4.98. The van der Waals surface area contributed by atoms with Crippen LogP contribution in [-0.2, 0) is 4.74 Å². The van der Waals surface area contributed by atoms with Crippen LogP contribution in [0.3, 0.4) is 0 Å². The van der Waals surface area contributed by atoms with Crippen molar-refractivity contribution in [3.05, 3.63) is 34.3 Å². The van der Waals surface area contributed by atoms with Crippen molar-refractivity contribution in [2.45, 2.75) is 32.8 Å². The number of methoxy groups -OCH3 is 1. The van der Waals surface area contributed by atoms with Gasteiger partial charge in [0.15, 0.2) is 5.78 Å². The molecule has 3 heteroatoms. The van der Waals surface area contributed by atoms with Crippen LogP contribution in [0, 0.1) is 6.92 Å². The van der Waals surface area contributed by atoms with E-state index < -0.39 is 5.60 Å². The van der Waals surface area contributed by atoms with E-state index in [2.05, 4.69) is 0 Å². The Balaban J connectivity index is 3.09. The molecule has 1 atom stereocenters. The van der Waals surface area contributed by atoms with Gasteiger partial charge in [-0.2, -0.15) is 0 Å². The van der Waals surface area contributed by atoms with Crippen LogP contribution in [0.1, 0.15) is 36.2 Å². The summed E-state index contributed by atoms with van der Waals surface area (Å²) in [6, 6.07) is 5.34. The normalized spacial score (nSPS) is 14.6. The van der Waals surface area contributed by atoms with Gasteiger partial charge in [-0.3, -0.25) is 4.79 Å². The Hall–Kier alpha value is -0.860. The molecule has 0 saturated carbocycles. The predicted octanol–water partition coefficient (Wildman–Crippen LogP) is 3.65. The third-order valence-electron chi connectivity index (χ3n) is 3.04. The molecular formula is C13H17ClO2. The number of Topliss-reactive ketones (excluding diaryl/α,β-unsaturated/α-hetero) is 1. The molecule has 1 rings (SSSR count). The summed E-state index contributed by atoms with van der Waals surface area (Å²) in [7, 11) is 1.55. The van der Waals surface area contributed by atoms with E-state index in [1.54, 1.807) is 26.2 Å². The van der Waals surface area contributed by atoms with E-state index in [9.17, 15) is 4.79 Å². The SMILES string of the molecule is CCC(C)(OC)C(=O)c1ccc(C)c(Cl)c1. The maximum Gasteiger partial charge on any atom is 0.194 e. The fraction of sp³-hybridized carbons (Fsp3) is 0.462. The molecule has 1 aromatic carbocycles. The molecule has 0 aromatic heterocycles. The zero-order chi connectivity index (χ0) is 12.3. The number of ketones is 1. The van der Waals surface area contributed by atoms with Crippen molar-refractivity contribution in [3.8, 4) is 0 Å². The topological polar surface area (TPSA) is 26.3 Å². The van der Waals surface area contributed by atoms with E-state index in [1.165, 1.54) is 0 Å². The van der Waals surface area contributed by atoms with Crippen molar-refractivity contribution in [1.29, 1.82) is 0 Å². The van der Waals surface area contributed by atoms with Gasteiger partial charge in [-0.15, -0.1) is 0 Å². The van der Waals surface area contributed by atoms with Gasteiger partial charge in [-0.1, -0.05) is 30.7 Å². The van der Waals surface area contributed by atoms with Crippen LogP contribution >= 0.6 is 11.6 Å². The predicted molar refractivity (Wildman–Crippen MR) is 66.2 cm³/mol. The first-order chi connectivity index (χ1) is 7.44. The fourth-order valence-corrected chi connectivity index (χ4v) is 1.62. The summed E-state index contributed by atoms with van der Waals surface area (Å²) in [5, 5.41) is 0.611. The minimum atomic E-state index is -0.765. The number of carbonyl (C=O) groups excluding carboxylic acids is 1. The van der Waals surface area contributed by atoms with E-state index in [1.807, 2.05) is 19.9 Å². The smallest absolute Gasteiger partial charge is 0.194 e. The van der Waals surface area contributed by atoms with Crippen molar-refractivity contribution in [3.63, 3.8) is 0 Å². The van der Waals surface area contributed by atoms with E-state index in [0.717, 1.165) is 5.56 Å². The minimum Gasteiger partial charge on any atom is -0.370 e. The second-order valence-corrected chi connectivity index (χ2v) is 4.49. The van der Waals surface area contributed by atoms with Crippen LogP contribution in [0.2, 0.25) is 5.02 Å². The Morgan fingerprint density at radius 2 is 2.12 bits per heavy atom. The van der Waals surface area contributed by atoms with Crippen molar-refractivity contribution >= 4 is 17.4 Å². The first kappa shape index (κ1) is 13.2. The van der Waals surface area contributed by atoms with Crippen molar-refractivity contribution in [2.75, 3.05) is 7.11 Å². The molecule has 16 heavy (non-hydrogen) atoms. The first-order valence-corrected chi connectivity index (χ1v) is 5.68. The molecule has 0 spiro atoms. The third-order valence-corrected chi connectivity index (χ3v) is 3.45. The monoisotopic (exact) mass is 240 g/mol. The highest BCUT2D eigenvalue weighted by molar-refractivity contribution is 6.31. The number of benzene rings is 1. The second-order valence-electron chi connectivity index (χ2n) is 4.08. The molecule has 0 saturated heterocycles. The van der Waals surface area contributed by atoms with E-state index >= 15 is 0 Å². The number of aryl methyl sites for hydroxylation is 1. The average molecular weight is 241 g/mol. The van der Waals surface area contributed by atoms with Gasteiger partial charge in [0.2, 0.25) is 0 Å². The van der Waals surface area contributed by atoms with Gasteiger partial charge in [-0.05, 0) is 31.9 Å². The Bertz CT molecular complexity index is 395. The number of hydrogen-bond donors (Lipinski definition) is 0. The van der Waals surface area contributed by atoms with Crippen LogP contribution in [0.15, 0.2) is 18.2 Å². The summed E-state index contributed by atoms with van der Waals surface area (Å²) in [4.78, 5) is 12.2. The van der Waals surface area contributed by atoms with Crippen molar-refractivity contribution < 1.29 is 9.53 Å². The first-order valence-electron chi connectivity index (χ1n) is 5.30. The van der Waals surface area contributed by atoms with Crippen LogP contribution in [-0.4, -0.2) is 18.5 Å². The number of halogens is 1. The van der Waals surface area contributed by atoms with Crippen molar-refractivity contribution in [2.24, 2.45) is 0 Å². The molecule has 1 aromatic rings. The van der Waals surface area contributed by atoms with Gasteiger partial charge >= 0.3 is 0 Å². The Morgan fingerprint density at radius 3 is 2.56 bits per heavy atom. The lowest BCUT2D eigenvalue weighted by molar-refractivity contribution is 0.0106. The van der Waals surface area contributed by atoms with E-state index in [0.29, 0.717) is 17.0 Å². The lowest BCUT2D eigenvalue weighted by Gasteiger charge is -2.25. The van der Waals surface area contributed by atoms with Gasteiger partial charge < -0.3 is 4.74 Å². The molecule has 88 valence electrons. The molecule has 1 unspecified atom stereocenters. The number of ether oxygens (including phenoxy) is 1. The van der Waals surface area contributed by atoms with Crippen LogP contribution < -0.4 is 0 Å². The van der Waals surface area contributed by atoms with Gasteiger partial charge in [-0.25, -0.2) is 0 Å². The highest BCUT2D eigenvalue weighted by atomic mass is 35.5. The summed E-state index contributed by atoms with van der Waals surface area (Å²) in [5.41, 5.74) is 0.800. The molecule has 0 fully saturated rings. The van der Waals surface area contributed by atoms with Crippen LogP contribution in [0.25, 0.3) is 0 Å². The summed E-state index contributed by atoms with van der Waals surface area (Å²) >= 11 is 6.00. The summed E-state index contributed by atoms with van der Waals surface area (Å²) in [5.74, 6) is -0.0283. The van der Waals surface area contributed by atoms with E-state index in [4.69, 9.17) is 16.3 Å². The summed E-state index contributed by atoms with van der Waals surface area (Å²) < 4.78 is 5.28. The average Bonchev–Trinajstić information content (AvgIpc) is 2.30. The molecule has 0 bridgehead atoms. The molecule has 0 N–H and O–H groups in total.